The molecule has 1 heteroatoms. The molecule has 1 aromatic heterocycles. The van der Waals surface area contributed by atoms with Crippen molar-refractivity contribution < 1.29 is 26.3 Å². The first-order valence-electron chi connectivity index (χ1n) is 22.8. The van der Waals surface area contributed by atoms with Crippen LogP contribution in [0.25, 0.3) is 87.6 Å². The Morgan fingerprint density at radius 1 is 0.522 bits per heavy atom. The zero-order chi connectivity index (χ0) is 44.5. The predicted molar refractivity (Wildman–Crippen MR) is 195 cm³/mol. The lowest BCUT2D eigenvalue weighted by atomic mass is 9.80. The predicted octanol–water partition coefficient (Wildman–Crippen LogP) is 12.7. The molecular weight excluding hydrogens is 556 g/mol. The topological polar surface area (TPSA) is 13.1 Å². The fourth-order valence-corrected chi connectivity index (χ4v) is 7.17. The van der Waals surface area contributed by atoms with Crippen molar-refractivity contribution >= 4 is 54.3 Å². The molecule has 1 aliphatic rings. The van der Waals surface area contributed by atoms with Gasteiger partial charge in [0.1, 0.15) is 11.2 Å². The smallest absolute Gasteiger partial charge is 0.136 e. The van der Waals surface area contributed by atoms with Crippen LogP contribution in [0.15, 0.2) is 150 Å². The highest BCUT2D eigenvalue weighted by molar-refractivity contribution is 6.23. The van der Waals surface area contributed by atoms with Crippen molar-refractivity contribution in [3.05, 3.63) is 156 Å². The first-order chi connectivity index (χ1) is 29.2. The van der Waals surface area contributed by atoms with Crippen LogP contribution in [0.4, 0.5) is 0 Å². The maximum atomic E-state index is 9.88. The molecule has 0 radical (unpaired) electrons. The molecule has 0 aliphatic heterocycles. The summed E-state index contributed by atoms with van der Waals surface area (Å²) in [6.07, 6.45) is 0. The number of benzene rings is 8. The van der Waals surface area contributed by atoms with E-state index in [-0.39, 0.29) is 71.4 Å². The van der Waals surface area contributed by atoms with Gasteiger partial charge in [0.25, 0.3) is 0 Å². The van der Waals surface area contributed by atoms with E-state index in [0.717, 1.165) is 22.3 Å². The lowest BCUT2D eigenvalue weighted by Crippen LogP contribution is -2.14. The zero-order valence-electron chi connectivity index (χ0n) is 40.5. The number of hydrogen-bond acceptors (Lipinski definition) is 1. The molecule has 1 nitrogen and oxygen atoms in total. The molecule has 0 unspecified atom stereocenters. The van der Waals surface area contributed by atoms with Gasteiger partial charge in [0.2, 0.25) is 0 Å². The third kappa shape index (κ3) is 3.40. The maximum absolute atomic E-state index is 9.88. The van der Waals surface area contributed by atoms with Gasteiger partial charge < -0.3 is 4.42 Å². The fraction of sp³-hybridized carbons (Fsp3) is 0.0667. The zero-order valence-corrected chi connectivity index (χ0v) is 24.5. The lowest BCUT2D eigenvalue weighted by molar-refractivity contribution is 0.660. The summed E-state index contributed by atoms with van der Waals surface area (Å²) in [4.78, 5) is 0. The molecule has 1 aliphatic carbocycles. The van der Waals surface area contributed by atoms with Gasteiger partial charge in [0.15, 0.2) is 0 Å². The van der Waals surface area contributed by atoms with Gasteiger partial charge >= 0.3 is 0 Å². The third-order valence-electron chi connectivity index (χ3n) is 9.27. The average molecular weight is 603 g/mol. The molecule has 9 aromatic rings. The molecule has 8 aromatic carbocycles. The van der Waals surface area contributed by atoms with E-state index in [9.17, 15) is 9.60 Å². The van der Waals surface area contributed by atoms with Gasteiger partial charge in [0.05, 0.1) is 21.9 Å². The molecule has 0 N–H and O–H groups in total. The van der Waals surface area contributed by atoms with Crippen LogP contribution in [0.2, 0.25) is 0 Å². The third-order valence-corrected chi connectivity index (χ3v) is 9.27. The number of rotatable bonds is 2. The SMILES string of the molecule is [2H]c1c([2H])c([2H])c2c(cc([2H])c3oc4c([2H])c([2H])c(-c5c6c([2H])c([2H])c([2H])c([2H])c6c(-c6ccc7c(c6)C(C)(C)c6ccccc6-7)c6c([2H])c([2H])c([2H])c([2H])c56)c([2H])c4c32)c1[2H]. The summed E-state index contributed by atoms with van der Waals surface area (Å²) in [7, 11) is 0. The molecule has 0 bridgehead atoms. The summed E-state index contributed by atoms with van der Waals surface area (Å²) in [6, 6.07) is 5.21. The van der Waals surface area contributed by atoms with E-state index in [4.69, 9.17) is 16.8 Å². The second kappa shape index (κ2) is 9.19. The Morgan fingerprint density at radius 3 is 1.89 bits per heavy atom. The number of fused-ring (bicyclic) bond motifs is 10. The molecule has 216 valence electrons. The normalized spacial score (nSPS) is 18.5. The van der Waals surface area contributed by atoms with E-state index in [0.29, 0.717) is 5.56 Å². The van der Waals surface area contributed by atoms with Crippen molar-refractivity contribution in [3.8, 4) is 33.4 Å². The molecule has 1 heterocycles. The first kappa shape index (κ1) is 14.6. The molecule has 0 saturated heterocycles. The molecule has 46 heavy (non-hydrogen) atoms. The second-order valence-electron chi connectivity index (χ2n) is 12.0. The first-order valence-corrected chi connectivity index (χ1v) is 14.8. The summed E-state index contributed by atoms with van der Waals surface area (Å²) in [5, 5.41) is -1.37. The van der Waals surface area contributed by atoms with Gasteiger partial charge in [-0.1, -0.05) is 135 Å². The summed E-state index contributed by atoms with van der Waals surface area (Å²) in [6.45, 7) is 4.10. The van der Waals surface area contributed by atoms with Crippen LogP contribution >= 0.6 is 0 Å². The highest BCUT2D eigenvalue weighted by Crippen LogP contribution is 2.51. The molecule has 0 atom stereocenters. The summed E-state index contributed by atoms with van der Waals surface area (Å²) < 4.78 is 151. The minimum atomic E-state index is -0.694. The number of hydrogen-bond donors (Lipinski definition) is 0. The van der Waals surface area contributed by atoms with Crippen molar-refractivity contribution in [1.29, 1.82) is 0 Å². The Labute approximate surface area is 289 Å². The van der Waals surface area contributed by atoms with E-state index in [1.54, 1.807) is 6.07 Å². The van der Waals surface area contributed by atoms with Crippen LogP contribution < -0.4 is 0 Å². The fourth-order valence-electron chi connectivity index (χ4n) is 7.17. The van der Waals surface area contributed by atoms with Gasteiger partial charge in [-0.25, -0.2) is 0 Å². The van der Waals surface area contributed by atoms with E-state index in [1.807, 2.05) is 36.4 Å². The van der Waals surface area contributed by atoms with Crippen LogP contribution in [0.3, 0.4) is 0 Å². The molecule has 0 fully saturated rings. The lowest BCUT2D eigenvalue weighted by Gasteiger charge is -2.23. The van der Waals surface area contributed by atoms with Crippen LogP contribution in [0.5, 0.6) is 0 Å². The van der Waals surface area contributed by atoms with Gasteiger partial charge in [-0.3, -0.25) is 0 Å². The van der Waals surface area contributed by atoms with Crippen LogP contribution in [-0.2, 0) is 5.41 Å². The molecule has 0 saturated carbocycles. The highest BCUT2D eigenvalue weighted by Gasteiger charge is 2.35. The van der Waals surface area contributed by atoms with Crippen molar-refractivity contribution in [2.24, 2.45) is 0 Å². The largest absolute Gasteiger partial charge is 0.456 e. The van der Waals surface area contributed by atoms with Crippen molar-refractivity contribution in [1.82, 2.24) is 0 Å². The van der Waals surface area contributed by atoms with Gasteiger partial charge in [-0.05, 0) is 101 Å². The van der Waals surface area contributed by atoms with Crippen molar-refractivity contribution in [3.63, 3.8) is 0 Å². The molecular formula is C45H30O. The van der Waals surface area contributed by atoms with E-state index < -0.39 is 102 Å². The van der Waals surface area contributed by atoms with E-state index >= 15 is 0 Å². The van der Waals surface area contributed by atoms with Crippen LogP contribution in [0, 0.1) is 0 Å². The molecule has 0 amide bonds. The van der Waals surface area contributed by atoms with Gasteiger partial charge in [0, 0.05) is 16.2 Å². The minimum absolute atomic E-state index is 0.0669. The summed E-state index contributed by atoms with van der Waals surface area (Å²) in [5.74, 6) is 0. The van der Waals surface area contributed by atoms with Gasteiger partial charge in [-0.15, -0.1) is 0 Å². The van der Waals surface area contributed by atoms with E-state index in [2.05, 4.69) is 13.8 Å². The Balaban J connectivity index is 1.47. The Kier molecular flexibility index (Phi) is 2.92. The summed E-state index contributed by atoms with van der Waals surface area (Å²) in [5.41, 5.74) is 2.43. The highest BCUT2D eigenvalue weighted by atomic mass is 16.3. The van der Waals surface area contributed by atoms with Crippen LogP contribution in [0.1, 0.15) is 46.9 Å². The monoisotopic (exact) mass is 602 g/mol. The van der Waals surface area contributed by atoms with Crippen molar-refractivity contribution in [2.75, 3.05) is 0 Å². The van der Waals surface area contributed by atoms with Gasteiger partial charge in [-0.2, -0.15) is 0 Å². The van der Waals surface area contributed by atoms with Crippen molar-refractivity contribution in [2.45, 2.75) is 19.3 Å². The Morgan fingerprint density at radius 2 is 1.15 bits per heavy atom. The quantitative estimate of drug-likeness (QED) is 0.179. The van der Waals surface area contributed by atoms with Crippen LogP contribution in [-0.4, -0.2) is 0 Å². The minimum Gasteiger partial charge on any atom is -0.456 e. The standard InChI is InChI=1S/C45H30O/c1-45(2)38-18-10-9-13-31(38)32-22-19-29(26-39(32)45)43-35-16-7-5-14-33(35)42(34-15-6-8-17-36(34)43)28-21-23-40-37(25-28)44-30-12-4-3-11-27(30)20-24-41(44)46-40/h3-26H,1-2H3/i3D,4D,5D,6D,7D,8D,11D,12D,14D,15D,16D,17D,21D,23D,24D,25D. The second-order valence-corrected chi connectivity index (χ2v) is 12.0. The Bertz CT molecular complexity index is 3540. The van der Waals surface area contributed by atoms with E-state index in [1.165, 1.54) is 6.07 Å². The maximum Gasteiger partial charge on any atom is 0.136 e. The summed E-state index contributed by atoms with van der Waals surface area (Å²) >= 11 is 0. The Hall–Kier alpha value is -5.66. The number of furan rings is 1. The molecule has 0 spiro atoms. The average Bonchev–Trinajstić information content (AvgIpc) is 3.77. The molecule has 10 rings (SSSR count).